The van der Waals surface area contributed by atoms with Crippen molar-refractivity contribution in [2.24, 2.45) is 11.8 Å². The first-order valence-corrected chi connectivity index (χ1v) is 6.25. The summed E-state index contributed by atoms with van der Waals surface area (Å²) in [5, 5.41) is 13.9. The smallest absolute Gasteiger partial charge is 0.314 e. The number of nitrogens with one attached hydrogen (secondary N) is 2. The Morgan fingerprint density at radius 3 is 2.33 bits per heavy atom. The van der Waals surface area contributed by atoms with E-state index in [1.807, 2.05) is 0 Å². The van der Waals surface area contributed by atoms with E-state index in [0.29, 0.717) is 38.6 Å². The summed E-state index contributed by atoms with van der Waals surface area (Å²) in [5.74, 6) is -0.810. The van der Waals surface area contributed by atoms with Gasteiger partial charge in [0.2, 0.25) is 0 Å². The lowest BCUT2D eigenvalue weighted by molar-refractivity contribution is -0.141. The van der Waals surface area contributed by atoms with Gasteiger partial charge in [0.05, 0.1) is 12.5 Å². The van der Waals surface area contributed by atoms with Crippen molar-refractivity contribution in [1.82, 2.24) is 10.6 Å². The number of rotatable bonds is 9. The van der Waals surface area contributed by atoms with Crippen LogP contribution in [0.2, 0.25) is 0 Å². The van der Waals surface area contributed by atoms with E-state index in [2.05, 4.69) is 24.5 Å². The first-order valence-electron chi connectivity index (χ1n) is 6.25. The highest BCUT2D eigenvalue weighted by Crippen LogP contribution is 1.99. The van der Waals surface area contributed by atoms with Gasteiger partial charge >= 0.3 is 12.0 Å². The molecule has 0 fully saturated rings. The summed E-state index contributed by atoms with van der Waals surface area (Å²) >= 11 is 0. The van der Waals surface area contributed by atoms with Gasteiger partial charge in [0.15, 0.2) is 0 Å². The van der Waals surface area contributed by atoms with Crippen molar-refractivity contribution in [3.63, 3.8) is 0 Å². The Bertz CT molecular complexity index is 256. The summed E-state index contributed by atoms with van der Waals surface area (Å²) in [6, 6.07) is -0.291. The van der Waals surface area contributed by atoms with Gasteiger partial charge in [0.1, 0.15) is 0 Å². The molecular formula is C12H24N2O4. The van der Waals surface area contributed by atoms with Crippen LogP contribution in [0.1, 0.15) is 27.2 Å². The van der Waals surface area contributed by atoms with Crippen LogP contribution in [-0.2, 0) is 9.53 Å². The zero-order valence-corrected chi connectivity index (χ0v) is 11.4. The Morgan fingerprint density at radius 2 is 1.78 bits per heavy atom. The highest BCUT2D eigenvalue weighted by Gasteiger charge is 2.10. The van der Waals surface area contributed by atoms with Crippen LogP contribution in [0, 0.1) is 11.8 Å². The Balaban J connectivity index is 3.41. The molecule has 6 nitrogen and oxygen atoms in total. The number of carbonyl (C=O) groups excluding carboxylic acids is 1. The van der Waals surface area contributed by atoms with Gasteiger partial charge in [-0.1, -0.05) is 20.8 Å². The fraction of sp³-hybridized carbons (Fsp3) is 0.833. The van der Waals surface area contributed by atoms with Crippen LogP contribution in [0.15, 0.2) is 0 Å². The van der Waals surface area contributed by atoms with Crippen molar-refractivity contribution in [2.45, 2.75) is 27.2 Å². The van der Waals surface area contributed by atoms with E-state index < -0.39 is 11.9 Å². The Labute approximate surface area is 108 Å². The third-order valence-electron chi connectivity index (χ3n) is 2.27. The molecule has 0 aromatic rings. The Hall–Kier alpha value is -1.30. The van der Waals surface area contributed by atoms with Gasteiger partial charge in [0.25, 0.3) is 0 Å². The SMILES string of the molecule is CC(C)COCCNC(=O)NCCC(C)C(=O)O. The fourth-order valence-electron chi connectivity index (χ4n) is 1.14. The molecule has 18 heavy (non-hydrogen) atoms. The summed E-state index contributed by atoms with van der Waals surface area (Å²) in [7, 11) is 0. The molecule has 1 atom stereocenters. The van der Waals surface area contributed by atoms with Gasteiger partial charge in [-0.05, 0) is 12.3 Å². The van der Waals surface area contributed by atoms with Crippen molar-refractivity contribution in [3.8, 4) is 0 Å². The molecule has 0 bridgehead atoms. The van der Waals surface area contributed by atoms with Crippen LogP contribution < -0.4 is 10.6 Å². The normalized spacial score (nSPS) is 12.2. The molecule has 0 aliphatic heterocycles. The van der Waals surface area contributed by atoms with Crippen molar-refractivity contribution in [1.29, 1.82) is 0 Å². The molecule has 2 amide bonds. The average molecular weight is 260 g/mol. The topological polar surface area (TPSA) is 87.7 Å². The molecule has 0 rings (SSSR count). The predicted molar refractivity (Wildman–Crippen MR) is 68.5 cm³/mol. The molecule has 0 spiro atoms. The summed E-state index contributed by atoms with van der Waals surface area (Å²) in [4.78, 5) is 21.8. The van der Waals surface area contributed by atoms with Gasteiger partial charge in [-0.2, -0.15) is 0 Å². The van der Waals surface area contributed by atoms with Crippen LogP contribution in [0.3, 0.4) is 0 Å². The number of carbonyl (C=O) groups is 2. The third kappa shape index (κ3) is 9.89. The minimum Gasteiger partial charge on any atom is -0.481 e. The van der Waals surface area contributed by atoms with Crippen LogP contribution in [0.4, 0.5) is 4.79 Å². The monoisotopic (exact) mass is 260 g/mol. The number of aliphatic carboxylic acids is 1. The number of carboxylic acids is 1. The predicted octanol–water partition coefficient (Wildman–Crippen LogP) is 1.07. The zero-order chi connectivity index (χ0) is 14.0. The largest absolute Gasteiger partial charge is 0.481 e. The zero-order valence-electron chi connectivity index (χ0n) is 11.4. The first-order chi connectivity index (χ1) is 8.43. The average Bonchev–Trinajstić information content (AvgIpc) is 2.27. The van der Waals surface area contributed by atoms with Crippen molar-refractivity contribution >= 4 is 12.0 Å². The summed E-state index contributed by atoms with van der Waals surface area (Å²) in [6.45, 7) is 7.70. The van der Waals surface area contributed by atoms with Gasteiger partial charge in [-0.3, -0.25) is 4.79 Å². The molecule has 0 heterocycles. The molecule has 0 aliphatic carbocycles. The van der Waals surface area contributed by atoms with Gasteiger partial charge in [-0.25, -0.2) is 4.79 Å². The quantitative estimate of drug-likeness (QED) is 0.541. The molecule has 0 aromatic heterocycles. The van der Waals surface area contributed by atoms with Crippen LogP contribution in [0.5, 0.6) is 0 Å². The van der Waals surface area contributed by atoms with E-state index in [0.717, 1.165) is 0 Å². The number of urea groups is 1. The summed E-state index contributed by atoms with van der Waals surface area (Å²) in [6.07, 6.45) is 0.423. The molecule has 0 aromatic carbocycles. The Kier molecular flexibility index (Phi) is 9.00. The van der Waals surface area contributed by atoms with Gasteiger partial charge in [-0.15, -0.1) is 0 Å². The number of carboxylic acid groups (broad SMARTS) is 1. The van der Waals surface area contributed by atoms with E-state index in [1.165, 1.54) is 0 Å². The highest BCUT2D eigenvalue weighted by molar-refractivity contribution is 5.74. The molecule has 0 aliphatic rings. The summed E-state index contributed by atoms with van der Waals surface area (Å²) < 4.78 is 5.30. The minimum absolute atomic E-state index is 0.291. The van der Waals surface area contributed by atoms with E-state index in [4.69, 9.17) is 9.84 Å². The van der Waals surface area contributed by atoms with E-state index in [-0.39, 0.29) is 6.03 Å². The van der Waals surface area contributed by atoms with E-state index in [1.54, 1.807) is 6.92 Å². The lowest BCUT2D eigenvalue weighted by Crippen LogP contribution is -2.38. The van der Waals surface area contributed by atoms with Crippen molar-refractivity contribution in [3.05, 3.63) is 0 Å². The lowest BCUT2D eigenvalue weighted by Gasteiger charge is -2.10. The maximum Gasteiger partial charge on any atom is 0.314 e. The van der Waals surface area contributed by atoms with Crippen LogP contribution >= 0.6 is 0 Å². The van der Waals surface area contributed by atoms with E-state index in [9.17, 15) is 9.59 Å². The number of ether oxygens (including phenoxy) is 1. The summed E-state index contributed by atoms with van der Waals surface area (Å²) in [5.41, 5.74) is 0. The first kappa shape index (κ1) is 16.7. The molecule has 0 saturated heterocycles. The second kappa shape index (κ2) is 9.70. The van der Waals surface area contributed by atoms with Crippen LogP contribution in [0.25, 0.3) is 0 Å². The molecule has 3 N–H and O–H groups in total. The lowest BCUT2D eigenvalue weighted by atomic mass is 10.1. The maximum atomic E-state index is 11.3. The van der Waals surface area contributed by atoms with E-state index >= 15 is 0 Å². The second-order valence-electron chi connectivity index (χ2n) is 4.68. The highest BCUT2D eigenvalue weighted by atomic mass is 16.5. The third-order valence-corrected chi connectivity index (χ3v) is 2.27. The van der Waals surface area contributed by atoms with Crippen LogP contribution in [-0.4, -0.2) is 43.4 Å². The molecule has 0 radical (unpaired) electrons. The molecule has 0 saturated carbocycles. The minimum atomic E-state index is -0.848. The number of hydrogen-bond acceptors (Lipinski definition) is 3. The number of hydrogen-bond donors (Lipinski definition) is 3. The Morgan fingerprint density at radius 1 is 1.17 bits per heavy atom. The number of amides is 2. The maximum absolute atomic E-state index is 11.3. The van der Waals surface area contributed by atoms with Crippen molar-refractivity contribution in [2.75, 3.05) is 26.3 Å². The second-order valence-corrected chi connectivity index (χ2v) is 4.68. The van der Waals surface area contributed by atoms with Gasteiger partial charge < -0.3 is 20.5 Å². The van der Waals surface area contributed by atoms with Gasteiger partial charge in [0, 0.05) is 19.7 Å². The standard InChI is InChI=1S/C12H24N2O4/c1-9(2)8-18-7-6-14-12(17)13-5-4-10(3)11(15)16/h9-10H,4-8H2,1-3H3,(H,15,16)(H2,13,14,17). The van der Waals surface area contributed by atoms with Crippen molar-refractivity contribution < 1.29 is 19.4 Å². The molecule has 6 heteroatoms. The fourth-order valence-corrected chi connectivity index (χ4v) is 1.14. The molecule has 106 valence electrons. The molecule has 1 unspecified atom stereocenters. The molecular weight excluding hydrogens is 236 g/mol.